The monoisotopic (exact) mass is 451 g/mol. The van der Waals surface area contributed by atoms with Crippen molar-refractivity contribution >= 4 is 33.6 Å². The standard InChI is InChI=1S/C24H22BrNO3/c1-17-7-3-4-8-19(17)16-29-22-13-11-18(15-23(22)28-2)12-14-24(27)26-21-10-6-5-9-20(21)25/h3-15H,16H2,1-2H3,(H,26,27). The van der Waals surface area contributed by atoms with Crippen LogP contribution < -0.4 is 14.8 Å². The van der Waals surface area contributed by atoms with Gasteiger partial charge in [-0.2, -0.15) is 0 Å². The lowest BCUT2D eigenvalue weighted by molar-refractivity contribution is -0.111. The second-order valence-corrected chi connectivity index (χ2v) is 7.28. The zero-order valence-corrected chi connectivity index (χ0v) is 17.9. The molecule has 0 saturated carbocycles. The normalized spacial score (nSPS) is 10.7. The molecule has 0 radical (unpaired) electrons. The average molecular weight is 452 g/mol. The molecule has 29 heavy (non-hydrogen) atoms. The van der Waals surface area contributed by atoms with E-state index in [0.717, 1.165) is 21.3 Å². The van der Waals surface area contributed by atoms with E-state index in [1.165, 1.54) is 11.6 Å². The van der Waals surface area contributed by atoms with Crippen LogP contribution in [0.15, 0.2) is 77.3 Å². The molecule has 0 aliphatic heterocycles. The Balaban J connectivity index is 1.66. The van der Waals surface area contributed by atoms with Gasteiger partial charge in [0.1, 0.15) is 6.61 Å². The maximum absolute atomic E-state index is 12.2. The van der Waals surface area contributed by atoms with Gasteiger partial charge < -0.3 is 14.8 Å². The molecule has 0 aliphatic rings. The molecule has 1 amide bonds. The lowest BCUT2D eigenvalue weighted by atomic mass is 10.1. The summed E-state index contributed by atoms with van der Waals surface area (Å²) in [6.45, 7) is 2.52. The first kappa shape index (κ1) is 20.7. The number of carbonyl (C=O) groups is 1. The summed E-state index contributed by atoms with van der Waals surface area (Å²) < 4.78 is 12.2. The summed E-state index contributed by atoms with van der Waals surface area (Å²) in [6.07, 6.45) is 3.22. The van der Waals surface area contributed by atoms with Crippen LogP contribution in [0.5, 0.6) is 11.5 Å². The van der Waals surface area contributed by atoms with Gasteiger partial charge in [0.2, 0.25) is 5.91 Å². The van der Waals surface area contributed by atoms with Gasteiger partial charge in [0, 0.05) is 10.5 Å². The largest absolute Gasteiger partial charge is 0.493 e. The highest BCUT2D eigenvalue weighted by Crippen LogP contribution is 2.29. The fourth-order valence-electron chi connectivity index (χ4n) is 2.74. The number of carbonyl (C=O) groups excluding carboxylic acids is 1. The third-order valence-electron chi connectivity index (χ3n) is 4.39. The Labute approximate surface area is 179 Å². The van der Waals surface area contributed by atoms with Gasteiger partial charge in [0.05, 0.1) is 12.8 Å². The zero-order valence-electron chi connectivity index (χ0n) is 16.3. The molecule has 0 aromatic heterocycles. The minimum atomic E-state index is -0.212. The predicted molar refractivity (Wildman–Crippen MR) is 120 cm³/mol. The van der Waals surface area contributed by atoms with Gasteiger partial charge in [0.15, 0.2) is 11.5 Å². The van der Waals surface area contributed by atoms with Crippen molar-refractivity contribution < 1.29 is 14.3 Å². The minimum absolute atomic E-state index is 0.212. The van der Waals surface area contributed by atoms with Crippen molar-refractivity contribution in [3.05, 3.63) is 94.0 Å². The summed E-state index contributed by atoms with van der Waals surface area (Å²) in [5, 5.41) is 2.84. The Morgan fingerprint density at radius 3 is 2.55 bits per heavy atom. The number of anilines is 1. The summed E-state index contributed by atoms with van der Waals surface area (Å²) >= 11 is 3.41. The molecule has 0 aliphatic carbocycles. The molecule has 1 N–H and O–H groups in total. The summed E-state index contributed by atoms with van der Waals surface area (Å²) in [5.41, 5.74) is 3.87. The van der Waals surface area contributed by atoms with Crippen LogP contribution in [0.3, 0.4) is 0 Å². The number of methoxy groups -OCH3 is 1. The topological polar surface area (TPSA) is 47.6 Å². The van der Waals surface area contributed by atoms with E-state index in [2.05, 4.69) is 34.2 Å². The van der Waals surface area contributed by atoms with Crippen molar-refractivity contribution in [1.29, 1.82) is 0 Å². The minimum Gasteiger partial charge on any atom is -0.493 e. The van der Waals surface area contributed by atoms with Gasteiger partial charge in [0.25, 0.3) is 0 Å². The van der Waals surface area contributed by atoms with Gasteiger partial charge in [-0.1, -0.05) is 42.5 Å². The predicted octanol–water partition coefficient (Wildman–Crippen LogP) is 6.00. The van der Waals surface area contributed by atoms with Crippen LogP contribution in [0, 0.1) is 6.92 Å². The lowest BCUT2D eigenvalue weighted by Crippen LogP contribution is -2.08. The number of hydrogen-bond acceptors (Lipinski definition) is 3. The molecule has 3 aromatic rings. The van der Waals surface area contributed by atoms with Crippen LogP contribution in [-0.2, 0) is 11.4 Å². The van der Waals surface area contributed by atoms with Crippen LogP contribution in [-0.4, -0.2) is 13.0 Å². The molecular formula is C24H22BrNO3. The van der Waals surface area contributed by atoms with Crippen LogP contribution in [0.2, 0.25) is 0 Å². The molecular weight excluding hydrogens is 430 g/mol. The van der Waals surface area contributed by atoms with E-state index in [0.29, 0.717) is 18.1 Å². The lowest BCUT2D eigenvalue weighted by Gasteiger charge is -2.12. The molecule has 0 saturated heterocycles. The van der Waals surface area contributed by atoms with E-state index < -0.39 is 0 Å². The van der Waals surface area contributed by atoms with Crippen molar-refractivity contribution in [1.82, 2.24) is 0 Å². The van der Waals surface area contributed by atoms with E-state index in [1.807, 2.05) is 60.7 Å². The van der Waals surface area contributed by atoms with Gasteiger partial charge in [-0.15, -0.1) is 0 Å². The van der Waals surface area contributed by atoms with E-state index in [-0.39, 0.29) is 5.91 Å². The molecule has 3 rings (SSSR count). The summed E-state index contributed by atoms with van der Waals surface area (Å²) in [5.74, 6) is 1.06. The third kappa shape index (κ3) is 5.72. The number of aryl methyl sites for hydroxylation is 1. The van der Waals surface area contributed by atoms with E-state index >= 15 is 0 Å². The van der Waals surface area contributed by atoms with Crippen LogP contribution >= 0.6 is 15.9 Å². The number of nitrogens with one attached hydrogen (secondary N) is 1. The first-order valence-electron chi connectivity index (χ1n) is 9.16. The number of ether oxygens (including phenoxy) is 2. The molecule has 0 heterocycles. The number of amides is 1. The van der Waals surface area contributed by atoms with Gasteiger partial charge in [-0.05, 0) is 69.9 Å². The maximum atomic E-state index is 12.2. The first-order chi connectivity index (χ1) is 14.1. The SMILES string of the molecule is COc1cc(C=CC(=O)Nc2ccccc2Br)ccc1OCc1ccccc1C. The molecule has 5 heteroatoms. The van der Waals surface area contributed by atoms with Crippen molar-refractivity contribution in [2.45, 2.75) is 13.5 Å². The fourth-order valence-corrected chi connectivity index (χ4v) is 3.13. The molecule has 3 aromatic carbocycles. The highest BCUT2D eigenvalue weighted by molar-refractivity contribution is 9.10. The van der Waals surface area contributed by atoms with Crippen LogP contribution in [0.4, 0.5) is 5.69 Å². The van der Waals surface area contributed by atoms with E-state index in [1.54, 1.807) is 13.2 Å². The van der Waals surface area contributed by atoms with Crippen LogP contribution in [0.25, 0.3) is 6.08 Å². The molecule has 0 spiro atoms. The van der Waals surface area contributed by atoms with E-state index in [4.69, 9.17) is 9.47 Å². The van der Waals surface area contributed by atoms with Gasteiger partial charge in [-0.25, -0.2) is 0 Å². The van der Waals surface area contributed by atoms with Crippen LogP contribution in [0.1, 0.15) is 16.7 Å². The van der Waals surface area contributed by atoms with Gasteiger partial charge >= 0.3 is 0 Å². The summed E-state index contributed by atoms with van der Waals surface area (Å²) in [4.78, 5) is 12.2. The highest BCUT2D eigenvalue weighted by atomic mass is 79.9. The third-order valence-corrected chi connectivity index (χ3v) is 5.08. The number of para-hydroxylation sites is 1. The number of hydrogen-bond donors (Lipinski definition) is 1. The second-order valence-electron chi connectivity index (χ2n) is 6.43. The Hall–Kier alpha value is -3.05. The molecule has 4 nitrogen and oxygen atoms in total. The Bertz CT molecular complexity index is 1030. The molecule has 0 fully saturated rings. The summed E-state index contributed by atoms with van der Waals surface area (Å²) in [7, 11) is 1.60. The first-order valence-corrected chi connectivity index (χ1v) is 9.95. The Morgan fingerprint density at radius 2 is 1.79 bits per heavy atom. The summed E-state index contributed by atoms with van der Waals surface area (Å²) in [6, 6.07) is 21.2. The van der Waals surface area contributed by atoms with Crippen molar-refractivity contribution in [2.24, 2.45) is 0 Å². The number of rotatable bonds is 7. The zero-order chi connectivity index (χ0) is 20.6. The average Bonchev–Trinajstić information content (AvgIpc) is 2.73. The number of halogens is 1. The smallest absolute Gasteiger partial charge is 0.248 e. The molecule has 0 unspecified atom stereocenters. The molecule has 0 atom stereocenters. The number of benzene rings is 3. The quantitative estimate of drug-likeness (QED) is 0.448. The Kier molecular flexibility index (Phi) is 7.09. The van der Waals surface area contributed by atoms with Gasteiger partial charge in [-0.3, -0.25) is 4.79 Å². The molecule has 0 bridgehead atoms. The van der Waals surface area contributed by atoms with E-state index in [9.17, 15) is 4.79 Å². The maximum Gasteiger partial charge on any atom is 0.248 e. The van der Waals surface area contributed by atoms with Crippen molar-refractivity contribution in [3.63, 3.8) is 0 Å². The van der Waals surface area contributed by atoms with Crippen molar-refractivity contribution in [3.8, 4) is 11.5 Å². The second kappa shape index (κ2) is 9.94. The van der Waals surface area contributed by atoms with Crippen molar-refractivity contribution in [2.75, 3.05) is 12.4 Å². The highest BCUT2D eigenvalue weighted by Gasteiger charge is 2.07. The fraction of sp³-hybridized carbons (Fsp3) is 0.125. The molecule has 148 valence electrons. The Morgan fingerprint density at radius 1 is 1.03 bits per heavy atom.